The lowest BCUT2D eigenvalue weighted by atomic mass is 9.81. The van der Waals surface area contributed by atoms with Crippen molar-refractivity contribution in [3.8, 4) is 56.9 Å². The van der Waals surface area contributed by atoms with Crippen LogP contribution in [0.4, 0.5) is 0 Å². The van der Waals surface area contributed by atoms with Gasteiger partial charge in [-0.3, -0.25) is 0 Å². The van der Waals surface area contributed by atoms with Crippen molar-refractivity contribution in [2.24, 2.45) is 0 Å². The van der Waals surface area contributed by atoms with Crippen LogP contribution in [0.3, 0.4) is 0 Å². The molecule has 10 rings (SSSR count). The minimum atomic E-state index is 0. The van der Waals surface area contributed by atoms with Crippen molar-refractivity contribution >= 4 is 56.0 Å². The van der Waals surface area contributed by atoms with E-state index in [0.717, 1.165) is 85.2 Å². The zero-order valence-electron chi connectivity index (χ0n) is 43.4. The first-order chi connectivity index (χ1) is 37.4. The molecule has 0 fully saturated rings. The Hall–Kier alpha value is -9.54. The van der Waals surface area contributed by atoms with Crippen LogP contribution in [0.2, 0.25) is 0 Å². The summed E-state index contributed by atoms with van der Waals surface area (Å²) < 4.78 is 0. The summed E-state index contributed by atoms with van der Waals surface area (Å²) >= 11 is 0. The molecule has 0 aliphatic heterocycles. The van der Waals surface area contributed by atoms with Gasteiger partial charge in [-0.25, -0.2) is 0 Å². The first-order valence-corrected chi connectivity index (χ1v) is 26.2. The highest BCUT2D eigenvalue weighted by Crippen LogP contribution is 2.45. The van der Waals surface area contributed by atoms with Crippen molar-refractivity contribution < 1.29 is 0 Å². The number of hydrogen-bond donors (Lipinski definition) is 0. The van der Waals surface area contributed by atoms with E-state index >= 15 is 0 Å². The van der Waals surface area contributed by atoms with E-state index in [2.05, 4.69) is 264 Å². The molecular weight excluding hydrogens is 925 g/mol. The van der Waals surface area contributed by atoms with Crippen LogP contribution in [0.25, 0.3) is 100 Å². The molecule has 372 valence electrons. The predicted octanol–water partition coefficient (Wildman–Crippen LogP) is 21.6. The van der Waals surface area contributed by atoms with Gasteiger partial charge < -0.3 is 0 Å². The molecule has 0 atom stereocenters. The lowest BCUT2D eigenvalue weighted by molar-refractivity contribution is 1.01. The fraction of sp³-hybridized carbons (Fsp3) is 0.0649. The molecule has 9 aromatic rings. The second-order valence-corrected chi connectivity index (χ2v) is 19.0. The Bertz CT molecular complexity index is 3960. The number of hydrogen-bond acceptors (Lipinski definition) is 0. The molecule has 0 unspecified atom stereocenters. The van der Waals surface area contributed by atoms with Crippen molar-refractivity contribution in [1.82, 2.24) is 0 Å². The van der Waals surface area contributed by atoms with Gasteiger partial charge in [-0.15, -0.1) is 6.42 Å². The SMILES string of the molecule is C.C#C\C=C/C=C1CC/C=C(/c2ccccc2-c2ccccc2)c2ccc(-c3ccc4c(-c5ccccc5)cc5c(/C=C\C)c(C=C)c(C(/C=C\C=C)=C/C)cc5c4c3)cc2C(=C)/C=C\1c1ccccc1-c1ccccc1. The molecule has 0 aromatic heterocycles. The number of rotatable bonds is 12. The maximum absolute atomic E-state index is 5.82. The Morgan fingerprint density at radius 1 is 0.519 bits per heavy atom. The summed E-state index contributed by atoms with van der Waals surface area (Å²) in [4.78, 5) is 0. The lowest BCUT2D eigenvalue weighted by Gasteiger charge is -2.23. The molecule has 77 heavy (non-hydrogen) atoms. The van der Waals surface area contributed by atoms with E-state index in [9.17, 15) is 0 Å². The Balaban J connectivity index is 0.00000722. The van der Waals surface area contributed by atoms with Crippen molar-refractivity contribution in [3.63, 3.8) is 0 Å². The van der Waals surface area contributed by atoms with Gasteiger partial charge in [0.25, 0.3) is 0 Å². The molecule has 0 heterocycles. The maximum atomic E-state index is 5.82. The smallest absolute Gasteiger partial charge is 0.00921 e. The van der Waals surface area contributed by atoms with Crippen molar-refractivity contribution in [2.45, 2.75) is 34.1 Å². The van der Waals surface area contributed by atoms with Crippen LogP contribution < -0.4 is 0 Å². The minimum Gasteiger partial charge on any atom is -0.115 e. The molecule has 0 spiro atoms. The van der Waals surface area contributed by atoms with Crippen LogP contribution in [0, 0.1) is 12.3 Å². The maximum Gasteiger partial charge on any atom is -0.00921 e. The van der Waals surface area contributed by atoms with Gasteiger partial charge in [-0.1, -0.05) is 258 Å². The van der Waals surface area contributed by atoms with Crippen molar-refractivity contribution in [1.29, 1.82) is 0 Å². The Morgan fingerprint density at radius 2 is 1.08 bits per heavy atom. The largest absolute Gasteiger partial charge is 0.115 e. The van der Waals surface area contributed by atoms with Gasteiger partial charge in [0.2, 0.25) is 0 Å². The van der Waals surface area contributed by atoms with Crippen LogP contribution >= 0.6 is 0 Å². The van der Waals surface area contributed by atoms with Crippen LogP contribution in [-0.4, -0.2) is 0 Å². The fourth-order valence-electron chi connectivity index (χ4n) is 11.0. The summed E-state index contributed by atoms with van der Waals surface area (Å²) in [6.45, 7) is 17.5. The number of benzene rings is 9. The molecule has 9 aromatic carbocycles. The monoisotopic (exact) mass is 989 g/mol. The highest BCUT2D eigenvalue weighted by atomic mass is 14.3. The third kappa shape index (κ3) is 10.7. The zero-order valence-corrected chi connectivity index (χ0v) is 43.4. The first-order valence-electron chi connectivity index (χ1n) is 26.2. The molecule has 0 saturated heterocycles. The second kappa shape index (κ2) is 24.2. The van der Waals surface area contributed by atoms with Crippen LogP contribution in [0.5, 0.6) is 0 Å². The quantitative estimate of drug-likeness (QED) is 0.0650. The standard InChI is InChI=1S/C76H60.CH4/c1-7-12-17-31-58-38-28-43-67(65-41-26-24-39-62(65)55-32-18-14-19-33-55)68-46-44-59(49-70(68)53(6)48-71(58)66-42-27-25-40-63(66)56-34-20-15-21-35-56)60-45-47-69-73(57-36-22-16-23-37-57)52-75-64(29-9-3)61(11-5)72(51-76(75)74(69)50-60)54(10-4)30-13-8-2;/h1,8-27,29-37,39-52H,2,5-6,28,38H2,3-4H3;1H4/b17-12-,29-9-,30-13-,54-10+,58-31+,67-43-,71-48+;. The molecule has 0 N–H and O–H groups in total. The third-order valence-corrected chi connectivity index (χ3v) is 14.5. The van der Waals surface area contributed by atoms with Crippen molar-refractivity contribution in [2.75, 3.05) is 0 Å². The molecule has 0 heteroatoms. The normalized spacial score (nSPS) is 14.9. The predicted molar refractivity (Wildman–Crippen MR) is 340 cm³/mol. The minimum absolute atomic E-state index is 0. The third-order valence-electron chi connectivity index (χ3n) is 14.5. The molecule has 1 aliphatic rings. The summed E-state index contributed by atoms with van der Waals surface area (Å²) in [5.41, 5.74) is 22.6. The summed E-state index contributed by atoms with van der Waals surface area (Å²) in [6, 6.07) is 68.4. The average molecular weight is 989 g/mol. The number of fused-ring (bicyclic) bond motifs is 4. The molecule has 0 bridgehead atoms. The van der Waals surface area contributed by atoms with Crippen LogP contribution in [0.15, 0.2) is 274 Å². The molecule has 0 radical (unpaired) electrons. The Morgan fingerprint density at radius 3 is 1.68 bits per heavy atom. The molecule has 0 amide bonds. The van der Waals surface area contributed by atoms with E-state index in [4.69, 9.17) is 13.0 Å². The van der Waals surface area contributed by atoms with Crippen molar-refractivity contribution in [3.05, 3.63) is 313 Å². The van der Waals surface area contributed by atoms with Gasteiger partial charge in [0.05, 0.1) is 0 Å². The van der Waals surface area contributed by atoms with E-state index in [1.54, 1.807) is 6.08 Å². The topological polar surface area (TPSA) is 0 Å². The lowest BCUT2D eigenvalue weighted by Crippen LogP contribution is -2.01. The second-order valence-electron chi connectivity index (χ2n) is 19.0. The van der Waals surface area contributed by atoms with Gasteiger partial charge in [0, 0.05) is 0 Å². The molecular formula is C77H64. The Labute approximate surface area is 457 Å². The average Bonchev–Trinajstić information content (AvgIpc) is 3.60. The summed E-state index contributed by atoms with van der Waals surface area (Å²) in [5.74, 6) is 2.72. The van der Waals surface area contributed by atoms with Crippen LogP contribution in [0.1, 0.15) is 73.1 Å². The summed E-state index contributed by atoms with van der Waals surface area (Å²) in [6.07, 6.45) is 32.6. The van der Waals surface area contributed by atoms with E-state index in [0.29, 0.717) is 0 Å². The van der Waals surface area contributed by atoms with Gasteiger partial charge in [0.1, 0.15) is 0 Å². The van der Waals surface area contributed by atoms with Crippen LogP contribution in [-0.2, 0) is 0 Å². The fourth-order valence-corrected chi connectivity index (χ4v) is 11.0. The van der Waals surface area contributed by atoms with E-state index in [1.807, 2.05) is 24.3 Å². The Kier molecular flexibility index (Phi) is 16.5. The van der Waals surface area contributed by atoms with Gasteiger partial charge in [0.15, 0.2) is 0 Å². The van der Waals surface area contributed by atoms with E-state index in [1.165, 1.54) is 60.5 Å². The number of terminal acetylenes is 1. The zero-order chi connectivity index (χ0) is 52.4. The highest BCUT2D eigenvalue weighted by Gasteiger charge is 2.22. The van der Waals surface area contributed by atoms with Gasteiger partial charge in [-0.05, 0) is 196 Å². The van der Waals surface area contributed by atoms with E-state index in [-0.39, 0.29) is 7.43 Å². The summed E-state index contributed by atoms with van der Waals surface area (Å²) in [5, 5.41) is 4.70. The van der Waals surface area contributed by atoms with Gasteiger partial charge in [-0.2, -0.15) is 0 Å². The van der Waals surface area contributed by atoms with E-state index < -0.39 is 0 Å². The number of allylic oxidation sites excluding steroid dienone is 14. The highest BCUT2D eigenvalue weighted by molar-refractivity contribution is 6.18. The molecule has 1 aliphatic carbocycles. The molecule has 0 nitrogen and oxygen atoms in total. The first kappa shape index (κ1) is 52.3. The molecule has 0 saturated carbocycles. The van der Waals surface area contributed by atoms with Gasteiger partial charge >= 0.3 is 0 Å². The summed E-state index contributed by atoms with van der Waals surface area (Å²) in [7, 11) is 0.